The Morgan fingerprint density at radius 2 is 2.25 bits per heavy atom. The summed E-state index contributed by atoms with van der Waals surface area (Å²) in [4.78, 5) is 24.6. The normalized spacial score (nSPS) is 27.9. The molecule has 9 nitrogen and oxygen atoms in total. The number of carbonyl (C=O) groups excluding carboxylic acids is 1. The summed E-state index contributed by atoms with van der Waals surface area (Å²) >= 11 is 0. The maximum absolute atomic E-state index is 12.7. The molecule has 2 heterocycles. The van der Waals surface area contributed by atoms with Crippen LogP contribution in [0.5, 0.6) is 0 Å². The Bertz CT molecular complexity index is 604. The lowest BCUT2D eigenvalue weighted by molar-refractivity contribution is -0.385. The molecule has 0 bridgehead atoms. The number of aromatic nitrogens is 2. The second kappa shape index (κ2) is 7.27. The molecule has 1 saturated heterocycles. The van der Waals surface area contributed by atoms with Gasteiger partial charge >= 0.3 is 5.69 Å². The Morgan fingerprint density at radius 3 is 2.96 bits per heavy atom. The molecule has 0 aromatic carbocycles. The van der Waals surface area contributed by atoms with E-state index in [0.29, 0.717) is 19.8 Å². The number of ether oxygens (including phenoxy) is 1. The van der Waals surface area contributed by atoms with Gasteiger partial charge < -0.3 is 14.7 Å². The van der Waals surface area contributed by atoms with Gasteiger partial charge in [-0.1, -0.05) is 12.8 Å². The van der Waals surface area contributed by atoms with Gasteiger partial charge in [0.1, 0.15) is 18.9 Å². The van der Waals surface area contributed by atoms with E-state index in [-0.39, 0.29) is 30.1 Å². The Balaban J connectivity index is 1.69. The van der Waals surface area contributed by atoms with Crippen molar-refractivity contribution in [3.8, 4) is 0 Å². The van der Waals surface area contributed by atoms with Crippen LogP contribution < -0.4 is 0 Å². The van der Waals surface area contributed by atoms with Crippen molar-refractivity contribution in [3.05, 3.63) is 22.5 Å². The lowest BCUT2D eigenvalue weighted by atomic mass is 9.80. The van der Waals surface area contributed by atoms with Gasteiger partial charge in [0.25, 0.3) is 0 Å². The number of carbonyl (C=O) groups is 1. The summed E-state index contributed by atoms with van der Waals surface area (Å²) in [5.74, 6) is -0.131. The number of hydrogen-bond acceptors (Lipinski definition) is 6. The topological polar surface area (TPSA) is 111 Å². The van der Waals surface area contributed by atoms with Gasteiger partial charge in [0.2, 0.25) is 5.91 Å². The van der Waals surface area contributed by atoms with Crippen molar-refractivity contribution in [1.82, 2.24) is 14.7 Å². The summed E-state index contributed by atoms with van der Waals surface area (Å²) < 4.78 is 6.82. The molecule has 3 unspecified atom stereocenters. The molecule has 1 aromatic heterocycles. The summed E-state index contributed by atoms with van der Waals surface area (Å²) in [5, 5.41) is 24.9. The molecule has 0 spiro atoms. The largest absolute Gasteiger partial charge is 0.393 e. The highest BCUT2D eigenvalue weighted by atomic mass is 16.6. The second-order valence-electron chi connectivity index (χ2n) is 6.40. The number of nitro groups is 1. The standard InChI is InChI=1S/C15H22N4O5/c20-14-4-2-1-3-12(14)13-10-24-6-5-18(13)15(21)9-17-8-11(7-16-17)19(22)23/h7-8,12-14,20H,1-6,9-10H2. The number of amides is 1. The fraction of sp³-hybridized carbons (Fsp3) is 0.733. The van der Waals surface area contributed by atoms with Crippen LogP contribution in [0.4, 0.5) is 5.69 Å². The molecule has 1 aliphatic carbocycles. The van der Waals surface area contributed by atoms with E-state index in [0.717, 1.165) is 31.9 Å². The van der Waals surface area contributed by atoms with Crippen molar-refractivity contribution in [2.75, 3.05) is 19.8 Å². The van der Waals surface area contributed by atoms with Crippen molar-refractivity contribution in [3.63, 3.8) is 0 Å². The number of morpholine rings is 1. The monoisotopic (exact) mass is 338 g/mol. The first-order valence-electron chi connectivity index (χ1n) is 8.28. The van der Waals surface area contributed by atoms with Crippen LogP contribution in [-0.4, -0.2) is 62.5 Å². The van der Waals surface area contributed by atoms with Crippen molar-refractivity contribution < 1.29 is 19.6 Å². The highest BCUT2D eigenvalue weighted by molar-refractivity contribution is 5.76. The Morgan fingerprint density at radius 1 is 1.46 bits per heavy atom. The molecule has 1 N–H and O–H groups in total. The summed E-state index contributed by atoms with van der Waals surface area (Å²) in [6.45, 7) is 1.31. The zero-order chi connectivity index (χ0) is 17.1. The highest BCUT2D eigenvalue weighted by Crippen LogP contribution is 2.31. The minimum atomic E-state index is -0.538. The minimum Gasteiger partial charge on any atom is -0.393 e. The molecule has 132 valence electrons. The van der Waals surface area contributed by atoms with Crippen molar-refractivity contribution >= 4 is 11.6 Å². The summed E-state index contributed by atoms with van der Waals surface area (Å²) in [6.07, 6.45) is 5.67. The van der Waals surface area contributed by atoms with Crippen LogP contribution in [0, 0.1) is 16.0 Å². The van der Waals surface area contributed by atoms with E-state index in [1.807, 2.05) is 0 Å². The van der Waals surface area contributed by atoms with E-state index < -0.39 is 11.0 Å². The number of rotatable bonds is 4. The second-order valence-corrected chi connectivity index (χ2v) is 6.40. The highest BCUT2D eigenvalue weighted by Gasteiger charge is 2.38. The van der Waals surface area contributed by atoms with Crippen LogP contribution in [0.3, 0.4) is 0 Å². The fourth-order valence-electron chi connectivity index (χ4n) is 3.64. The predicted octanol–water partition coefficient (Wildman–Crippen LogP) is 0.570. The third-order valence-electron chi connectivity index (χ3n) is 4.89. The lowest BCUT2D eigenvalue weighted by Crippen LogP contribution is -2.55. The van der Waals surface area contributed by atoms with Crippen molar-refractivity contribution in [1.29, 1.82) is 0 Å². The zero-order valence-corrected chi connectivity index (χ0v) is 13.4. The van der Waals surface area contributed by atoms with Gasteiger partial charge in [0.15, 0.2) is 0 Å². The van der Waals surface area contributed by atoms with Crippen LogP contribution in [-0.2, 0) is 16.1 Å². The zero-order valence-electron chi connectivity index (χ0n) is 13.4. The first kappa shape index (κ1) is 16.8. The molecule has 24 heavy (non-hydrogen) atoms. The fourth-order valence-corrected chi connectivity index (χ4v) is 3.64. The van der Waals surface area contributed by atoms with E-state index in [4.69, 9.17) is 4.74 Å². The first-order chi connectivity index (χ1) is 11.6. The molecule has 1 saturated carbocycles. The molecule has 1 amide bonds. The Kier molecular flexibility index (Phi) is 5.10. The molecule has 1 aliphatic heterocycles. The van der Waals surface area contributed by atoms with Gasteiger partial charge in [-0.15, -0.1) is 0 Å². The van der Waals surface area contributed by atoms with Gasteiger partial charge in [-0.3, -0.25) is 19.6 Å². The first-order valence-corrected chi connectivity index (χ1v) is 8.28. The van der Waals surface area contributed by atoms with Gasteiger partial charge in [-0.2, -0.15) is 5.10 Å². The summed E-state index contributed by atoms with van der Waals surface area (Å²) in [6, 6.07) is -0.146. The molecular formula is C15H22N4O5. The third kappa shape index (κ3) is 3.57. The lowest BCUT2D eigenvalue weighted by Gasteiger charge is -2.43. The van der Waals surface area contributed by atoms with Gasteiger partial charge in [0, 0.05) is 12.5 Å². The molecule has 2 aliphatic rings. The third-order valence-corrected chi connectivity index (χ3v) is 4.89. The molecule has 1 aromatic rings. The SMILES string of the molecule is O=C(Cn1cc([N+](=O)[O-])cn1)N1CCOCC1C1CCCCC1O. The van der Waals surface area contributed by atoms with Crippen molar-refractivity contribution in [2.24, 2.45) is 5.92 Å². The van der Waals surface area contributed by atoms with E-state index in [2.05, 4.69) is 5.10 Å². The number of nitrogens with zero attached hydrogens (tertiary/aromatic N) is 4. The maximum atomic E-state index is 12.7. The Labute approximate surface area is 139 Å². The number of aliphatic hydroxyl groups is 1. The molecule has 3 rings (SSSR count). The smallest absolute Gasteiger partial charge is 0.307 e. The molecule has 2 fully saturated rings. The van der Waals surface area contributed by atoms with Crippen molar-refractivity contribution in [2.45, 2.75) is 44.4 Å². The van der Waals surface area contributed by atoms with Crippen LogP contribution >= 0.6 is 0 Å². The Hall–Kier alpha value is -2.00. The van der Waals surface area contributed by atoms with Gasteiger partial charge in [-0.25, -0.2) is 0 Å². The van der Waals surface area contributed by atoms with E-state index in [9.17, 15) is 20.0 Å². The van der Waals surface area contributed by atoms with Gasteiger partial charge in [0.05, 0.1) is 30.3 Å². The van der Waals surface area contributed by atoms with Crippen LogP contribution in [0.2, 0.25) is 0 Å². The van der Waals surface area contributed by atoms with Crippen LogP contribution in [0.25, 0.3) is 0 Å². The van der Waals surface area contributed by atoms with E-state index in [1.54, 1.807) is 4.90 Å². The molecular weight excluding hydrogens is 316 g/mol. The summed E-state index contributed by atoms with van der Waals surface area (Å²) in [5.41, 5.74) is -0.135. The molecule has 3 atom stereocenters. The molecule has 0 radical (unpaired) electrons. The predicted molar refractivity (Wildman–Crippen MR) is 83.2 cm³/mol. The minimum absolute atomic E-state index is 0.0231. The quantitative estimate of drug-likeness (QED) is 0.635. The number of aliphatic hydroxyl groups excluding tert-OH is 1. The van der Waals surface area contributed by atoms with Crippen LogP contribution in [0.15, 0.2) is 12.4 Å². The average molecular weight is 338 g/mol. The maximum Gasteiger partial charge on any atom is 0.307 e. The van der Waals surface area contributed by atoms with E-state index >= 15 is 0 Å². The summed E-state index contributed by atoms with van der Waals surface area (Å²) in [7, 11) is 0. The van der Waals surface area contributed by atoms with Crippen LogP contribution in [0.1, 0.15) is 25.7 Å². The average Bonchev–Trinajstić information content (AvgIpc) is 3.04. The van der Waals surface area contributed by atoms with Gasteiger partial charge in [-0.05, 0) is 12.8 Å². The molecule has 9 heteroatoms. The number of hydrogen-bond donors (Lipinski definition) is 1. The van der Waals surface area contributed by atoms with E-state index in [1.165, 1.54) is 10.9 Å².